The van der Waals surface area contributed by atoms with Crippen molar-refractivity contribution in [2.24, 2.45) is 0 Å². The third-order valence-corrected chi connectivity index (χ3v) is 4.48. The van der Waals surface area contributed by atoms with Crippen molar-refractivity contribution in [2.45, 2.75) is 32.3 Å². The zero-order chi connectivity index (χ0) is 15.8. The fourth-order valence-electron chi connectivity index (χ4n) is 1.97. The van der Waals surface area contributed by atoms with Crippen molar-refractivity contribution in [1.29, 1.82) is 0 Å². The van der Waals surface area contributed by atoms with E-state index >= 15 is 0 Å². The van der Waals surface area contributed by atoms with Crippen LogP contribution in [-0.4, -0.2) is 23.7 Å². The van der Waals surface area contributed by atoms with E-state index in [0.717, 1.165) is 6.07 Å². The molecular formula is C13H16FN3O3S. The van der Waals surface area contributed by atoms with Gasteiger partial charge in [-0.2, -0.15) is 5.10 Å². The molecule has 3 N–H and O–H groups in total. The van der Waals surface area contributed by atoms with Crippen LogP contribution in [0.15, 0.2) is 17.0 Å². The number of nitrogens with one attached hydrogen (secondary N) is 2. The van der Waals surface area contributed by atoms with Gasteiger partial charge in [0.1, 0.15) is 5.82 Å². The number of halogens is 1. The Morgan fingerprint density at radius 3 is 2.52 bits per heavy atom. The van der Waals surface area contributed by atoms with Crippen molar-refractivity contribution in [3.63, 3.8) is 0 Å². The van der Waals surface area contributed by atoms with Crippen LogP contribution in [0.5, 0.6) is 0 Å². The number of aromatic amines is 1. The van der Waals surface area contributed by atoms with Crippen molar-refractivity contribution in [1.82, 2.24) is 10.2 Å². The van der Waals surface area contributed by atoms with Gasteiger partial charge in [0.05, 0.1) is 28.6 Å². The van der Waals surface area contributed by atoms with Crippen LogP contribution in [0.3, 0.4) is 0 Å². The topological polar surface area (TPSA) is 95.1 Å². The first-order valence-corrected chi connectivity index (χ1v) is 7.69. The van der Waals surface area contributed by atoms with Gasteiger partial charge in [-0.3, -0.25) is 9.82 Å². The Balaban J connectivity index is 2.48. The second-order valence-corrected chi connectivity index (χ2v) is 6.47. The van der Waals surface area contributed by atoms with E-state index in [1.165, 1.54) is 13.0 Å². The molecule has 0 aliphatic heterocycles. The number of nitrogens with zero attached hydrogens (tertiary/aromatic N) is 1. The second kappa shape index (κ2) is 5.45. The molecule has 0 atom stereocenters. The molecule has 21 heavy (non-hydrogen) atoms. The fraction of sp³-hybridized carbons (Fsp3) is 0.308. The number of H-pyrrole nitrogens is 1. The monoisotopic (exact) mass is 313 g/mol. The predicted octanol–water partition coefficient (Wildman–Crippen LogP) is 1.77. The summed E-state index contributed by atoms with van der Waals surface area (Å²) in [5.41, 5.74) is 1.55. The fourth-order valence-corrected chi connectivity index (χ4v) is 3.29. The normalized spacial score (nSPS) is 11.7. The molecule has 1 aromatic carbocycles. The Morgan fingerprint density at radius 1 is 1.33 bits per heavy atom. The lowest BCUT2D eigenvalue weighted by Crippen LogP contribution is -2.15. The predicted molar refractivity (Wildman–Crippen MR) is 75.9 cm³/mol. The summed E-state index contributed by atoms with van der Waals surface area (Å²) in [6, 6.07) is 2.34. The minimum atomic E-state index is -3.89. The van der Waals surface area contributed by atoms with E-state index in [2.05, 4.69) is 14.9 Å². The van der Waals surface area contributed by atoms with Crippen LogP contribution < -0.4 is 4.72 Å². The van der Waals surface area contributed by atoms with Crippen LogP contribution in [-0.2, 0) is 16.6 Å². The third kappa shape index (κ3) is 2.91. The average molecular weight is 313 g/mol. The zero-order valence-corrected chi connectivity index (χ0v) is 12.7. The minimum Gasteiger partial charge on any atom is -0.392 e. The summed E-state index contributed by atoms with van der Waals surface area (Å²) >= 11 is 0. The van der Waals surface area contributed by atoms with E-state index < -0.39 is 22.4 Å². The number of hydrogen-bond donors (Lipinski definition) is 3. The molecule has 0 aliphatic rings. The molecule has 1 aromatic heterocycles. The largest absolute Gasteiger partial charge is 0.392 e. The molecule has 1 heterocycles. The highest BCUT2D eigenvalue weighted by Gasteiger charge is 2.20. The lowest BCUT2D eigenvalue weighted by Gasteiger charge is -2.11. The number of rotatable bonds is 4. The molecule has 0 bridgehead atoms. The zero-order valence-electron chi connectivity index (χ0n) is 11.9. The van der Waals surface area contributed by atoms with Gasteiger partial charge in [-0.1, -0.05) is 0 Å². The van der Waals surface area contributed by atoms with Gasteiger partial charge in [0.25, 0.3) is 10.0 Å². The molecule has 114 valence electrons. The average Bonchev–Trinajstić information content (AvgIpc) is 2.73. The number of anilines is 1. The summed E-state index contributed by atoms with van der Waals surface area (Å²) in [6.07, 6.45) is 0. The van der Waals surface area contributed by atoms with Crippen molar-refractivity contribution in [3.8, 4) is 0 Å². The summed E-state index contributed by atoms with van der Waals surface area (Å²) in [7, 11) is -3.89. The molecule has 0 spiro atoms. The van der Waals surface area contributed by atoms with Gasteiger partial charge in [-0.15, -0.1) is 0 Å². The number of aliphatic hydroxyl groups is 1. The number of aromatic nitrogens is 2. The summed E-state index contributed by atoms with van der Waals surface area (Å²) in [5, 5.41) is 15.7. The number of hydrogen-bond acceptors (Lipinski definition) is 4. The molecule has 0 amide bonds. The van der Waals surface area contributed by atoms with Crippen LogP contribution in [0.1, 0.15) is 22.5 Å². The highest BCUT2D eigenvalue weighted by atomic mass is 32.2. The molecule has 0 fully saturated rings. The van der Waals surface area contributed by atoms with Crippen molar-refractivity contribution in [3.05, 3.63) is 40.5 Å². The molecule has 2 aromatic rings. The molecule has 6 nitrogen and oxygen atoms in total. The first kappa shape index (κ1) is 15.5. The molecule has 0 saturated carbocycles. The number of sulfonamides is 1. The van der Waals surface area contributed by atoms with Gasteiger partial charge in [-0.05, 0) is 38.5 Å². The van der Waals surface area contributed by atoms with Gasteiger partial charge in [0.15, 0.2) is 0 Å². The van der Waals surface area contributed by atoms with Crippen molar-refractivity contribution in [2.75, 3.05) is 4.72 Å². The minimum absolute atomic E-state index is 0.0592. The molecule has 2 rings (SSSR count). The molecular weight excluding hydrogens is 297 g/mol. The number of aryl methyl sites for hydroxylation is 3. The van der Waals surface area contributed by atoms with E-state index in [1.54, 1.807) is 13.8 Å². The van der Waals surface area contributed by atoms with Gasteiger partial charge in [0.2, 0.25) is 0 Å². The van der Waals surface area contributed by atoms with Crippen LogP contribution in [0.25, 0.3) is 0 Å². The second-order valence-electron chi connectivity index (χ2n) is 4.79. The van der Waals surface area contributed by atoms with Gasteiger partial charge >= 0.3 is 0 Å². The Morgan fingerprint density at radius 2 is 2.00 bits per heavy atom. The van der Waals surface area contributed by atoms with Gasteiger partial charge in [-0.25, -0.2) is 12.8 Å². The number of benzene rings is 1. The maximum atomic E-state index is 13.7. The summed E-state index contributed by atoms with van der Waals surface area (Å²) < 4.78 is 40.9. The quantitative estimate of drug-likeness (QED) is 0.801. The lowest BCUT2D eigenvalue weighted by atomic mass is 10.1. The molecule has 0 unspecified atom stereocenters. The van der Waals surface area contributed by atoms with Crippen molar-refractivity contribution < 1.29 is 17.9 Å². The molecule has 0 saturated heterocycles. The summed E-state index contributed by atoms with van der Waals surface area (Å²) in [5.74, 6) is -0.605. The van der Waals surface area contributed by atoms with E-state index in [1.807, 2.05) is 0 Å². The van der Waals surface area contributed by atoms with Crippen LogP contribution in [0.4, 0.5) is 10.1 Å². The SMILES string of the molecule is Cc1cc(S(=O)(=O)Nc2c(C)n[nH]c2C)cc(CO)c1F. The van der Waals surface area contributed by atoms with Gasteiger partial charge < -0.3 is 5.11 Å². The maximum absolute atomic E-state index is 13.7. The Bertz CT molecular complexity index is 765. The van der Waals surface area contributed by atoms with Gasteiger partial charge in [0, 0.05) is 5.56 Å². The summed E-state index contributed by atoms with van der Waals surface area (Å²) in [4.78, 5) is -0.106. The number of aliphatic hydroxyl groups excluding tert-OH is 1. The van der Waals surface area contributed by atoms with E-state index in [0.29, 0.717) is 17.1 Å². The Labute approximate surface area is 122 Å². The van der Waals surface area contributed by atoms with E-state index in [-0.39, 0.29) is 16.0 Å². The first-order chi connectivity index (χ1) is 9.76. The van der Waals surface area contributed by atoms with Crippen LogP contribution in [0, 0.1) is 26.6 Å². The standard InChI is InChI=1S/C13H16FN3O3S/c1-7-4-11(5-10(6-18)12(7)14)21(19,20)17-13-8(2)15-16-9(13)3/h4-5,17-18H,6H2,1-3H3,(H,15,16). The first-order valence-electron chi connectivity index (χ1n) is 6.20. The highest BCUT2D eigenvalue weighted by molar-refractivity contribution is 7.92. The van der Waals surface area contributed by atoms with E-state index in [9.17, 15) is 12.8 Å². The highest BCUT2D eigenvalue weighted by Crippen LogP contribution is 2.24. The van der Waals surface area contributed by atoms with Crippen molar-refractivity contribution >= 4 is 15.7 Å². The van der Waals surface area contributed by atoms with Crippen LogP contribution in [0.2, 0.25) is 0 Å². The van der Waals surface area contributed by atoms with Crippen LogP contribution >= 0.6 is 0 Å². The molecule has 8 heteroatoms. The van der Waals surface area contributed by atoms with E-state index in [4.69, 9.17) is 5.11 Å². The Kier molecular flexibility index (Phi) is 4.02. The maximum Gasteiger partial charge on any atom is 0.262 e. The Hall–Kier alpha value is -1.93. The summed E-state index contributed by atoms with van der Waals surface area (Å²) in [6.45, 7) is 4.23. The smallest absolute Gasteiger partial charge is 0.262 e. The molecule has 0 aliphatic carbocycles. The third-order valence-electron chi connectivity index (χ3n) is 3.15. The molecule has 0 radical (unpaired) electrons. The lowest BCUT2D eigenvalue weighted by molar-refractivity contribution is 0.275.